The van der Waals surface area contributed by atoms with Crippen LogP contribution < -0.4 is 5.73 Å². The molecule has 0 atom stereocenters. The molecule has 2 aromatic rings. The van der Waals surface area contributed by atoms with Crippen LogP contribution in [0.2, 0.25) is 0 Å². The molecule has 112 valence electrons. The van der Waals surface area contributed by atoms with Crippen molar-refractivity contribution >= 4 is 5.82 Å². The van der Waals surface area contributed by atoms with E-state index in [-0.39, 0.29) is 0 Å². The Kier molecular flexibility index (Phi) is 4.00. The molecular weight excluding hydrogens is 258 g/mol. The van der Waals surface area contributed by atoms with Crippen molar-refractivity contribution in [1.82, 2.24) is 9.55 Å². The number of aryl methyl sites for hydroxylation is 1. The number of rotatable bonds is 3. The Morgan fingerprint density at radius 1 is 1.14 bits per heavy atom. The van der Waals surface area contributed by atoms with Crippen LogP contribution >= 0.6 is 0 Å². The van der Waals surface area contributed by atoms with E-state index in [1.807, 2.05) is 6.07 Å². The molecule has 1 aromatic heterocycles. The number of aromatic nitrogens is 2. The van der Waals surface area contributed by atoms with Gasteiger partial charge in [-0.2, -0.15) is 0 Å². The zero-order valence-electron chi connectivity index (χ0n) is 13.0. The van der Waals surface area contributed by atoms with Crippen LogP contribution in [0, 0.1) is 12.8 Å². The SMILES string of the molecule is Cc1nc(C2CCC(C)CC2)c(N)n1Cc1ccccc1. The van der Waals surface area contributed by atoms with Gasteiger partial charge in [0.2, 0.25) is 0 Å². The van der Waals surface area contributed by atoms with Crippen LogP contribution in [0.1, 0.15) is 55.6 Å². The van der Waals surface area contributed by atoms with Gasteiger partial charge in [-0.25, -0.2) is 4.98 Å². The molecule has 0 aliphatic heterocycles. The van der Waals surface area contributed by atoms with Crippen molar-refractivity contribution in [2.45, 2.75) is 52.0 Å². The zero-order valence-corrected chi connectivity index (χ0v) is 13.0. The first kappa shape index (κ1) is 14.2. The van der Waals surface area contributed by atoms with Gasteiger partial charge in [-0.1, -0.05) is 50.1 Å². The van der Waals surface area contributed by atoms with E-state index in [1.165, 1.54) is 31.2 Å². The minimum Gasteiger partial charge on any atom is -0.384 e. The standard InChI is InChI=1S/C18H25N3/c1-13-8-10-16(11-9-13)17-18(19)21(14(2)20-17)12-15-6-4-3-5-7-15/h3-7,13,16H,8-12,19H2,1-2H3. The third-order valence-corrected chi connectivity index (χ3v) is 4.81. The minimum atomic E-state index is 0.553. The van der Waals surface area contributed by atoms with E-state index in [0.29, 0.717) is 5.92 Å². The van der Waals surface area contributed by atoms with Crippen molar-refractivity contribution in [2.75, 3.05) is 5.73 Å². The van der Waals surface area contributed by atoms with Crippen molar-refractivity contribution < 1.29 is 0 Å². The number of nitrogens with zero attached hydrogens (tertiary/aromatic N) is 2. The van der Waals surface area contributed by atoms with Crippen molar-refractivity contribution in [2.24, 2.45) is 5.92 Å². The molecule has 0 bridgehead atoms. The molecule has 3 heteroatoms. The van der Waals surface area contributed by atoms with Gasteiger partial charge in [0, 0.05) is 5.92 Å². The molecule has 0 radical (unpaired) electrons. The molecule has 1 heterocycles. The maximum atomic E-state index is 6.42. The third kappa shape index (κ3) is 2.97. The van der Waals surface area contributed by atoms with E-state index in [1.54, 1.807) is 0 Å². The molecule has 1 aromatic carbocycles. The van der Waals surface area contributed by atoms with Crippen molar-refractivity contribution in [3.05, 3.63) is 47.4 Å². The Morgan fingerprint density at radius 2 is 1.81 bits per heavy atom. The average molecular weight is 283 g/mol. The van der Waals surface area contributed by atoms with Crippen molar-refractivity contribution in [1.29, 1.82) is 0 Å². The van der Waals surface area contributed by atoms with Gasteiger partial charge in [-0.05, 0) is 31.2 Å². The maximum absolute atomic E-state index is 6.42. The van der Waals surface area contributed by atoms with Gasteiger partial charge in [-0.3, -0.25) is 0 Å². The van der Waals surface area contributed by atoms with Gasteiger partial charge >= 0.3 is 0 Å². The van der Waals surface area contributed by atoms with E-state index < -0.39 is 0 Å². The first-order valence-corrected chi connectivity index (χ1v) is 8.01. The summed E-state index contributed by atoms with van der Waals surface area (Å²) < 4.78 is 2.16. The number of hydrogen-bond donors (Lipinski definition) is 1. The fourth-order valence-corrected chi connectivity index (χ4v) is 3.40. The molecule has 3 rings (SSSR count). The highest BCUT2D eigenvalue weighted by Gasteiger charge is 2.25. The summed E-state index contributed by atoms with van der Waals surface area (Å²) in [5, 5.41) is 0. The lowest BCUT2D eigenvalue weighted by Crippen LogP contribution is -2.13. The van der Waals surface area contributed by atoms with E-state index in [2.05, 4.69) is 42.7 Å². The Morgan fingerprint density at radius 3 is 2.48 bits per heavy atom. The molecule has 21 heavy (non-hydrogen) atoms. The van der Waals surface area contributed by atoms with Crippen LogP contribution in [0.3, 0.4) is 0 Å². The second-order valence-electron chi connectivity index (χ2n) is 6.46. The molecule has 1 fully saturated rings. The number of hydrogen-bond acceptors (Lipinski definition) is 2. The summed E-state index contributed by atoms with van der Waals surface area (Å²) in [7, 11) is 0. The van der Waals surface area contributed by atoms with Crippen molar-refractivity contribution in [3.63, 3.8) is 0 Å². The Bertz CT molecular complexity index is 592. The van der Waals surface area contributed by atoms with Gasteiger partial charge in [0.25, 0.3) is 0 Å². The lowest BCUT2D eigenvalue weighted by Gasteiger charge is -2.25. The first-order chi connectivity index (χ1) is 10.1. The molecule has 0 unspecified atom stereocenters. The summed E-state index contributed by atoms with van der Waals surface area (Å²) in [5.41, 5.74) is 8.82. The first-order valence-electron chi connectivity index (χ1n) is 8.01. The van der Waals surface area contributed by atoms with E-state index in [9.17, 15) is 0 Å². The number of anilines is 1. The highest BCUT2D eigenvalue weighted by atomic mass is 15.1. The molecule has 1 aliphatic rings. The minimum absolute atomic E-state index is 0.553. The highest BCUT2D eigenvalue weighted by Crippen LogP contribution is 2.37. The summed E-state index contributed by atoms with van der Waals surface area (Å²) in [5.74, 6) is 3.31. The highest BCUT2D eigenvalue weighted by molar-refractivity contribution is 5.41. The molecule has 1 aliphatic carbocycles. The van der Waals surface area contributed by atoms with Gasteiger partial charge < -0.3 is 10.3 Å². The van der Waals surface area contributed by atoms with Crippen LogP contribution in [0.5, 0.6) is 0 Å². The van der Waals surface area contributed by atoms with Gasteiger partial charge in [0.15, 0.2) is 0 Å². The lowest BCUT2D eigenvalue weighted by molar-refractivity contribution is 0.345. The fraction of sp³-hybridized carbons (Fsp3) is 0.500. The Hall–Kier alpha value is -1.77. The quantitative estimate of drug-likeness (QED) is 0.921. The van der Waals surface area contributed by atoms with E-state index >= 15 is 0 Å². The Labute approximate surface area is 127 Å². The predicted molar refractivity (Wildman–Crippen MR) is 87.3 cm³/mol. The fourth-order valence-electron chi connectivity index (χ4n) is 3.40. The van der Waals surface area contributed by atoms with E-state index in [4.69, 9.17) is 10.7 Å². The van der Waals surface area contributed by atoms with Crippen molar-refractivity contribution in [3.8, 4) is 0 Å². The predicted octanol–water partition coefficient (Wildman–Crippen LogP) is 4.12. The lowest BCUT2D eigenvalue weighted by atomic mass is 9.81. The molecular formula is C18H25N3. The number of benzene rings is 1. The smallest absolute Gasteiger partial charge is 0.127 e. The summed E-state index contributed by atoms with van der Waals surface area (Å²) in [6, 6.07) is 10.5. The summed E-state index contributed by atoms with van der Waals surface area (Å²) in [6.45, 7) is 5.22. The largest absolute Gasteiger partial charge is 0.384 e. The second kappa shape index (κ2) is 5.92. The van der Waals surface area contributed by atoms with Gasteiger partial charge in [0.1, 0.15) is 11.6 Å². The molecule has 1 saturated carbocycles. The third-order valence-electron chi connectivity index (χ3n) is 4.81. The number of nitrogen functional groups attached to an aromatic ring is 1. The molecule has 3 nitrogen and oxygen atoms in total. The monoisotopic (exact) mass is 283 g/mol. The summed E-state index contributed by atoms with van der Waals surface area (Å²) in [4.78, 5) is 4.79. The normalized spacial score (nSPS) is 22.4. The molecule has 2 N–H and O–H groups in total. The number of imidazole rings is 1. The molecule has 0 amide bonds. The van der Waals surface area contributed by atoms with Gasteiger partial charge in [-0.15, -0.1) is 0 Å². The summed E-state index contributed by atoms with van der Waals surface area (Å²) in [6.07, 6.45) is 5.06. The summed E-state index contributed by atoms with van der Waals surface area (Å²) >= 11 is 0. The maximum Gasteiger partial charge on any atom is 0.127 e. The molecule has 0 saturated heterocycles. The Balaban J connectivity index is 1.83. The van der Waals surface area contributed by atoms with Crippen LogP contribution in [-0.2, 0) is 6.54 Å². The van der Waals surface area contributed by atoms with Crippen LogP contribution in [-0.4, -0.2) is 9.55 Å². The molecule has 0 spiro atoms. The average Bonchev–Trinajstić information content (AvgIpc) is 2.77. The number of nitrogens with two attached hydrogens (primary N) is 1. The van der Waals surface area contributed by atoms with Crippen LogP contribution in [0.25, 0.3) is 0 Å². The van der Waals surface area contributed by atoms with Crippen LogP contribution in [0.4, 0.5) is 5.82 Å². The second-order valence-corrected chi connectivity index (χ2v) is 6.46. The zero-order chi connectivity index (χ0) is 14.8. The van der Waals surface area contributed by atoms with Crippen LogP contribution in [0.15, 0.2) is 30.3 Å². The van der Waals surface area contributed by atoms with Gasteiger partial charge in [0.05, 0.1) is 12.2 Å². The van der Waals surface area contributed by atoms with E-state index in [0.717, 1.165) is 29.8 Å². The topological polar surface area (TPSA) is 43.8 Å².